The Kier molecular flexibility index (Phi) is 7.70. The number of aromatic nitrogens is 6. The third kappa shape index (κ3) is 5.87. The van der Waals surface area contributed by atoms with E-state index in [1.807, 2.05) is 6.07 Å². The van der Waals surface area contributed by atoms with E-state index in [2.05, 4.69) is 25.5 Å². The summed E-state index contributed by atoms with van der Waals surface area (Å²) in [5.41, 5.74) is 2.30. The van der Waals surface area contributed by atoms with Crippen molar-refractivity contribution in [3.63, 3.8) is 0 Å². The number of aliphatic hydroxyl groups is 1. The highest BCUT2D eigenvalue weighted by atomic mass is 19.1. The van der Waals surface area contributed by atoms with Crippen LogP contribution >= 0.6 is 0 Å². The largest absolute Gasteiger partial charge is 0.383 e. The predicted molar refractivity (Wildman–Crippen MR) is 150 cm³/mol. The number of fused-ring (bicyclic) bond motifs is 1. The van der Waals surface area contributed by atoms with Crippen LogP contribution in [0, 0.1) is 23.3 Å². The Morgan fingerprint density at radius 3 is 2.44 bits per heavy atom. The molecule has 6 rings (SSSR count). The maximum atomic E-state index is 14.8. The molecule has 218 valence electrons. The SMILES string of the molecule is O[C@@](CCNCc1cnccc1-c1c(-c2ccc(F)cc2)nn2cc(F)ccc12)(Cn1cncn1)c1ccc(F)cc1F. The number of rotatable bonds is 10. The number of pyridine rings is 2. The number of hydrogen-bond donors (Lipinski definition) is 2. The Bertz CT molecular complexity index is 1880. The lowest BCUT2D eigenvalue weighted by Crippen LogP contribution is -2.36. The molecular weight excluding hydrogens is 562 g/mol. The van der Waals surface area contributed by atoms with Gasteiger partial charge in [-0.2, -0.15) is 10.2 Å². The molecule has 43 heavy (non-hydrogen) atoms. The van der Waals surface area contributed by atoms with Crippen molar-refractivity contribution in [1.29, 1.82) is 0 Å². The van der Waals surface area contributed by atoms with Gasteiger partial charge in [0.05, 0.1) is 18.3 Å². The average Bonchev–Trinajstić information content (AvgIpc) is 3.63. The van der Waals surface area contributed by atoms with Gasteiger partial charge in [0.15, 0.2) is 0 Å². The van der Waals surface area contributed by atoms with Crippen molar-refractivity contribution >= 4 is 5.52 Å². The van der Waals surface area contributed by atoms with Gasteiger partial charge >= 0.3 is 0 Å². The van der Waals surface area contributed by atoms with Gasteiger partial charge in [-0.15, -0.1) is 0 Å². The number of halogens is 4. The normalized spacial score (nSPS) is 13.0. The molecule has 2 N–H and O–H groups in total. The molecule has 0 saturated carbocycles. The molecule has 2 aromatic carbocycles. The number of benzene rings is 2. The number of nitrogens with one attached hydrogen (secondary N) is 1. The topological polar surface area (TPSA) is 93.2 Å². The molecule has 0 bridgehead atoms. The molecule has 12 heteroatoms. The zero-order valence-electron chi connectivity index (χ0n) is 22.6. The van der Waals surface area contributed by atoms with Gasteiger partial charge in [0, 0.05) is 41.7 Å². The molecule has 4 heterocycles. The molecule has 4 aromatic heterocycles. The highest BCUT2D eigenvalue weighted by Gasteiger charge is 2.33. The molecule has 0 unspecified atom stereocenters. The smallest absolute Gasteiger partial charge is 0.141 e. The van der Waals surface area contributed by atoms with Crippen LogP contribution in [0.15, 0.2) is 91.9 Å². The predicted octanol–water partition coefficient (Wildman–Crippen LogP) is 5.28. The van der Waals surface area contributed by atoms with Gasteiger partial charge in [-0.05, 0) is 72.6 Å². The lowest BCUT2D eigenvalue weighted by atomic mass is 9.89. The monoisotopic (exact) mass is 587 g/mol. The quantitative estimate of drug-likeness (QED) is 0.167. The van der Waals surface area contributed by atoms with Gasteiger partial charge in [0.1, 0.15) is 47.2 Å². The Hall–Kier alpha value is -4.94. The summed E-state index contributed by atoms with van der Waals surface area (Å²) < 4.78 is 59.0. The minimum atomic E-state index is -1.72. The molecule has 1 atom stereocenters. The fourth-order valence-electron chi connectivity index (χ4n) is 5.18. The first-order chi connectivity index (χ1) is 20.8. The van der Waals surface area contributed by atoms with Gasteiger partial charge in [0.2, 0.25) is 0 Å². The molecule has 0 aliphatic carbocycles. The summed E-state index contributed by atoms with van der Waals surface area (Å²) in [5.74, 6) is -2.46. The van der Waals surface area contributed by atoms with Crippen LogP contribution in [-0.2, 0) is 18.7 Å². The van der Waals surface area contributed by atoms with E-state index in [0.717, 1.165) is 23.3 Å². The van der Waals surface area contributed by atoms with Crippen molar-refractivity contribution in [2.45, 2.75) is 25.1 Å². The van der Waals surface area contributed by atoms with Crippen molar-refractivity contribution in [1.82, 2.24) is 34.7 Å². The van der Waals surface area contributed by atoms with Crippen molar-refractivity contribution in [3.05, 3.63) is 126 Å². The van der Waals surface area contributed by atoms with Crippen LogP contribution in [-0.4, -0.2) is 41.0 Å². The molecule has 0 fully saturated rings. The maximum Gasteiger partial charge on any atom is 0.141 e. The van der Waals surface area contributed by atoms with Crippen LogP contribution < -0.4 is 5.32 Å². The summed E-state index contributed by atoms with van der Waals surface area (Å²) in [6.45, 7) is 0.437. The standard InChI is InChI=1S/C31H25F4N7O/c32-22-3-1-20(2-4-22)30-29(28-8-6-24(34)16-42(28)40-30)25-9-11-36-14-21(25)15-37-12-10-31(43,17-41-19-38-18-39-41)26-7-5-23(33)13-27(26)35/h1-9,11,13-14,16,18-19,37,43H,10,12,15,17H2/t31-/m0/s1. The summed E-state index contributed by atoms with van der Waals surface area (Å²) >= 11 is 0. The van der Waals surface area contributed by atoms with E-state index in [-0.39, 0.29) is 25.1 Å². The Balaban J connectivity index is 1.29. The van der Waals surface area contributed by atoms with Gasteiger partial charge in [-0.1, -0.05) is 6.07 Å². The van der Waals surface area contributed by atoms with E-state index >= 15 is 0 Å². The van der Waals surface area contributed by atoms with E-state index in [1.165, 1.54) is 52.3 Å². The van der Waals surface area contributed by atoms with E-state index in [4.69, 9.17) is 0 Å². The zero-order valence-corrected chi connectivity index (χ0v) is 22.6. The molecule has 0 aliphatic heterocycles. The van der Waals surface area contributed by atoms with E-state index in [1.54, 1.807) is 30.6 Å². The molecule has 0 radical (unpaired) electrons. The van der Waals surface area contributed by atoms with Gasteiger partial charge in [0.25, 0.3) is 0 Å². The Labute approximate surface area is 243 Å². The van der Waals surface area contributed by atoms with Crippen molar-refractivity contribution in [3.8, 4) is 22.4 Å². The van der Waals surface area contributed by atoms with E-state index in [0.29, 0.717) is 28.9 Å². The second-order valence-electron chi connectivity index (χ2n) is 10.1. The second kappa shape index (κ2) is 11.7. The van der Waals surface area contributed by atoms with Gasteiger partial charge in [-0.25, -0.2) is 31.7 Å². The highest BCUT2D eigenvalue weighted by Crippen LogP contribution is 2.37. The molecular formula is C31H25F4N7O. The van der Waals surface area contributed by atoms with Crippen molar-refractivity contribution < 1.29 is 22.7 Å². The third-order valence-corrected chi connectivity index (χ3v) is 7.24. The highest BCUT2D eigenvalue weighted by molar-refractivity contribution is 5.93. The molecule has 8 nitrogen and oxygen atoms in total. The first-order valence-electron chi connectivity index (χ1n) is 13.4. The summed E-state index contributed by atoms with van der Waals surface area (Å²) in [6, 6.07) is 13.7. The average molecular weight is 588 g/mol. The zero-order chi connectivity index (χ0) is 30.0. The van der Waals surface area contributed by atoms with E-state index < -0.39 is 28.9 Å². The second-order valence-corrected chi connectivity index (χ2v) is 10.1. The molecule has 0 amide bonds. The van der Waals surface area contributed by atoms with Crippen LogP contribution in [0.3, 0.4) is 0 Å². The lowest BCUT2D eigenvalue weighted by molar-refractivity contribution is 0.00327. The summed E-state index contributed by atoms with van der Waals surface area (Å²) in [5, 5.41) is 23.5. The summed E-state index contributed by atoms with van der Waals surface area (Å²) in [4.78, 5) is 8.16. The van der Waals surface area contributed by atoms with Crippen LogP contribution in [0.1, 0.15) is 17.5 Å². The fraction of sp³-hybridized carbons (Fsp3) is 0.161. The maximum absolute atomic E-state index is 14.8. The summed E-state index contributed by atoms with van der Waals surface area (Å²) in [6.07, 6.45) is 7.36. The Morgan fingerprint density at radius 1 is 0.884 bits per heavy atom. The first-order valence-corrected chi connectivity index (χ1v) is 13.4. The molecule has 0 saturated heterocycles. The minimum Gasteiger partial charge on any atom is -0.383 e. The molecule has 6 aromatic rings. The van der Waals surface area contributed by atoms with Crippen molar-refractivity contribution in [2.24, 2.45) is 0 Å². The summed E-state index contributed by atoms with van der Waals surface area (Å²) in [7, 11) is 0. The van der Waals surface area contributed by atoms with E-state index in [9.17, 15) is 22.7 Å². The lowest BCUT2D eigenvalue weighted by Gasteiger charge is -2.29. The van der Waals surface area contributed by atoms with Crippen LogP contribution in [0.4, 0.5) is 17.6 Å². The minimum absolute atomic E-state index is 0.0574. The Morgan fingerprint density at radius 2 is 1.67 bits per heavy atom. The van der Waals surface area contributed by atoms with Gasteiger partial charge < -0.3 is 10.4 Å². The van der Waals surface area contributed by atoms with Crippen LogP contribution in [0.2, 0.25) is 0 Å². The first kappa shape index (κ1) is 28.2. The van der Waals surface area contributed by atoms with Crippen LogP contribution in [0.5, 0.6) is 0 Å². The molecule has 0 aliphatic rings. The van der Waals surface area contributed by atoms with Crippen molar-refractivity contribution in [2.75, 3.05) is 6.54 Å². The number of nitrogens with zero attached hydrogens (tertiary/aromatic N) is 6. The van der Waals surface area contributed by atoms with Crippen LogP contribution in [0.25, 0.3) is 27.9 Å². The fourth-order valence-corrected chi connectivity index (χ4v) is 5.18. The third-order valence-electron chi connectivity index (χ3n) is 7.24. The molecule has 0 spiro atoms. The number of hydrogen-bond acceptors (Lipinski definition) is 6. The van der Waals surface area contributed by atoms with Gasteiger partial charge in [-0.3, -0.25) is 4.98 Å².